The standard InChI is InChI=1S/C13H16N2O3/c1-14-12(17)8-15(9-13(14)18)11-5-3-2-4-10(11)6-7-16/h2-5,16H,6-9H2,1H3. The number of imide groups is 1. The Kier molecular flexibility index (Phi) is 3.62. The lowest BCUT2D eigenvalue weighted by molar-refractivity contribution is -0.143. The van der Waals surface area contributed by atoms with Gasteiger partial charge in [0, 0.05) is 19.3 Å². The van der Waals surface area contributed by atoms with Crippen LogP contribution >= 0.6 is 0 Å². The van der Waals surface area contributed by atoms with Crippen LogP contribution in [-0.4, -0.2) is 48.6 Å². The van der Waals surface area contributed by atoms with Gasteiger partial charge in [-0.2, -0.15) is 0 Å². The van der Waals surface area contributed by atoms with E-state index in [2.05, 4.69) is 0 Å². The van der Waals surface area contributed by atoms with Crippen molar-refractivity contribution in [2.24, 2.45) is 0 Å². The van der Waals surface area contributed by atoms with Gasteiger partial charge in [0.15, 0.2) is 0 Å². The summed E-state index contributed by atoms with van der Waals surface area (Å²) in [4.78, 5) is 26.3. The molecule has 0 bridgehead atoms. The van der Waals surface area contributed by atoms with E-state index in [4.69, 9.17) is 5.11 Å². The molecular weight excluding hydrogens is 232 g/mol. The molecule has 0 saturated carbocycles. The molecule has 96 valence electrons. The highest BCUT2D eigenvalue weighted by molar-refractivity contribution is 6.02. The van der Waals surface area contributed by atoms with Crippen molar-refractivity contribution in [2.45, 2.75) is 6.42 Å². The molecule has 1 N–H and O–H groups in total. The van der Waals surface area contributed by atoms with Gasteiger partial charge in [-0.25, -0.2) is 0 Å². The first kappa shape index (κ1) is 12.6. The Morgan fingerprint density at radius 3 is 2.39 bits per heavy atom. The first-order valence-electron chi connectivity index (χ1n) is 5.86. The number of carbonyl (C=O) groups excluding carboxylic acids is 2. The molecular formula is C13H16N2O3. The van der Waals surface area contributed by atoms with Crippen molar-refractivity contribution in [2.75, 3.05) is 31.6 Å². The van der Waals surface area contributed by atoms with Gasteiger partial charge in [0.05, 0.1) is 13.1 Å². The van der Waals surface area contributed by atoms with Gasteiger partial charge in [0.2, 0.25) is 11.8 Å². The van der Waals surface area contributed by atoms with E-state index in [1.807, 2.05) is 24.3 Å². The number of anilines is 1. The van der Waals surface area contributed by atoms with Crippen molar-refractivity contribution in [3.63, 3.8) is 0 Å². The van der Waals surface area contributed by atoms with Gasteiger partial charge in [-0.1, -0.05) is 18.2 Å². The average molecular weight is 248 g/mol. The maximum Gasteiger partial charge on any atom is 0.248 e. The van der Waals surface area contributed by atoms with Crippen molar-refractivity contribution >= 4 is 17.5 Å². The molecule has 0 atom stereocenters. The Hall–Kier alpha value is -1.88. The summed E-state index contributed by atoms with van der Waals surface area (Å²) in [5, 5.41) is 9.03. The molecule has 5 nitrogen and oxygen atoms in total. The van der Waals surface area contributed by atoms with E-state index in [1.54, 1.807) is 4.90 Å². The van der Waals surface area contributed by atoms with Crippen LogP contribution in [0.2, 0.25) is 0 Å². The molecule has 1 saturated heterocycles. The van der Waals surface area contributed by atoms with Crippen molar-refractivity contribution in [1.82, 2.24) is 4.90 Å². The fourth-order valence-corrected chi connectivity index (χ4v) is 2.06. The molecule has 1 heterocycles. The molecule has 2 amide bonds. The van der Waals surface area contributed by atoms with Gasteiger partial charge in [-0.3, -0.25) is 14.5 Å². The number of para-hydroxylation sites is 1. The number of aliphatic hydroxyl groups excluding tert-OH is 1. The summed E-state index contributed by atoms with van der Waals surface area (Å²) in [5.41, 5.74) is 1.80. The average Bonchev–Trinajstić information content (AvgIpc) is 2.36. The summed E-state index contributed by atoms with van der Waals surface area (Å²) in [6.07, 6.45) is 0.519. The number of nitrogens with zero attached hydrogens (tertiary/aromatic N) is 2. The first-order valence-corrected chi connectivity index (χ1v) is 5.86. The molecule has 1 aliphatic rings. The number of hydrogen-bond donors (Lipinski definition) is 1. The zero-order valence-electron chi connectivity index (χ0n) is 10.3. The zero-order valence-corrected chi connectivity index (χ0v) is 10.3. The highest BCUT2D eigenvalue weighted by Gasteiger charge is 2.28. The number of aliphatic hydroxyl groups is 1. The Morgan fingerprint density at radius 2 is 1.78 bits per heavy atom. The Labute approximate surface area is 106 Å². The second kappa shape index (κ2) is 5.18. The monoisotopic (exact) mass is 248 g/mol. The topological polar surface area (TPSA) is 60.9 Å². The second-order valence-electron chi connectivity index (χ2n) is 4.30. The molecule has 1 fully saturated rings. The summed E-state index contributed by atoms with van der Waals surface area (Å²) in [6.45, 7) is 0.446. The first-order chi connectivity index (χ1) is 8.63. The smallest absolute Gasteiger partial charge is 0.248 e. The molecule has 1 aromatic carbocycles. The number of piperazine rings is 1. The van der Waals surface area contributed by atoms with Crippen LogP contribution in [0.1, 0.15) is 5.56 Å². The Balaban J connectivity index is 2.26. The van der Waals surface area contributed by atoms with Crippen LogP contribution in [0.3, 0.4) is 0 Å². The normalized spacial score (nSPS) is 16.3. The van der Waals surface area contributed by atoms with Crippen LogP contribution in [0.25, 0.3) is 0 Å². The van der Waals surface area contributed by atoms with E-state index in [0.717, 1.165) is 16.2 Å². The van der Waals surface area contributed by atoms with Gasteiger partial charge in [-0.15, -0.1) is 0 Å². The number of likely N-dealkylation sites (N-methyl/N-ethyl adjacent to an activating group) is 1. The number of benzene rings is 1. The number of carbonyl (C=O) groups is 2. The number of rotatable bonds is 3. The fraction of sp³-hybridized carbons (Fsp3) is 0.385. The van der Waals surface area contributed by atoms with E-state index in [0.29, 0.717) is 6.42 Å². The van der Waals surface area contributed by atoms with E-state index in [9.17, 15) is 9.59 Å². The molecule has 2 rings (SSSR count). The van der Waals surface area contributed by atoms with E-state index >= 15 is 0 Å². The predicted molar refractivity (Wildman–Crippen MR) is 67.2 cm³/mol. The molecule has 5 heteroatoms. The van der Waals surface area contributed by atoms with Crippen molar-refractivity contribution in [3.8, 4) is 0 Å². The third-order valence-electron chi connectivity index (χ3n) is 3.11. The zero-order chi connectivity index (χ0) is 13.1. The molecule has 1 aliphatic heterocycles. The molecule has 0 unspecified atom stereocenters. The van der Waals surface area contributed by atoms with Gasteiger partial charge in [0.1, 0.15) is 0 Å². The Morgan fingerprint density at radius 1 is 1.17 bits per heavy atom. The van der Waals surface area contributed by atoms with Crippen LogP contribution in [0.5, 0.6) is 0 Å². The lowest BCUT2D eigenvalue weighted by atomic mass is 10.1. The van der Waals surface area contributed by atoms with Crippen LogP contribution in [0, 0.1) is 0 Å². The highest BCUT2D eigenvalue weighted by atomic mass is 16.3. The summed E-state index contributed by atoms with van der Waals surface area (Å²) in [6, 6.07) is 7.52. The molecule has 1 aromatic rings. The summed E-state index contributed by atoms with van der Waals surface area (Å²) < 4.78 is 0. The van der Waals surface area contributed by atoms with Crippen LogP contribution in [0.4, 0.5) is 5.69 Å². The minimum absolute atomic E-state index is 0.0483. The number of amides is 2. The van der Waals surface area contributed by atoms with Gasteiger partial charge < -0.3 is 10.0 Å². The maximum absolute atomic E-state index is 11.7. The van der Waals surface area contributed by atoms with E-state index in [1.165, 1.54) is 7.05 Å². The minimum atomic E-state index is -0.204. The SMILES string of the molecule is CN1C(=O)CN(c2ccccc2CCO)CC1=O. The van der Waals surface area contributed by atoms with Gasteiger partial charge in [-0.05, 0) is 18.1 Å². The van der Waals surface area contributed by atoms with E-state index in [-0.39, 0.29) is 31.5 Å². The molecule has 0 spiro atoms. The summed E-state index contributed by atoms with van der Waals surface area (Å²) in [7, 11) is 1.50. The van der Waals surface area contributed by atoms with Crippen molar-refractivity contribution in [1.29, 1.82) is 0 Å². The van der Waals surface area contributed by atoms with Gasteiger partial charge >= 0.3 is 0 Å². The second-order valence-corrected chi connectivity index (χ2v) is 4.30. The van der Waals surface area contributed by atoms with Crippen LogP contribution in [-0.2, 0) is 16.0 Å². The quantitative estimate of drug-likeness (QED) is 0.766. The van der Waals surface area contributed by atoms with Crippen molar-refractivity contribution in [3.05, 3.63) is 29.8 Å². The fourth-order valence-electron chi connectivity index (χ4n) is 2.06. The molecule has 0 radical (unpaired) electrons. The maximum atomic E-state index is 11.7. The molecule has 18 heavy (non-hydrogen) atoms. The lowest BCUT2D eigenvalue weighted by Gasteiger charge is -2.33. The van der Waals surface area contributed by atoms with E-state index < -0.39 is 0 Å². The third kappa shape index (κ3) is 2.36. The number of hydrogen-bond acceptors (Lipinski definition) is 4. The Bertz CT molecular complexity index is 455. The van der Waals surface area contributed by atoms with Crippen LogP contribution in [0.15, 0.2) is 24.3 Å². The van der Waals surface area contributed by atoms with Crippen molar-refractivity contribution < 1.29 is 14.7 Å². The highest BCUT2D eigenvalue weighted by Crippen LogP contribution is 2.22. The lowest BCUT2D eigenvalue weighted by Crippen LogP contribution is -2.52. The van der Waals surface area contributed by atoms with Crippen LogP contribution < -0.4 is 4.90 Å². The molecule has 0 aromatic heterocycles. The third-order valence-corrected chi connectivity index (χ3v) is 3.11. The molecule has 0 aliphatic carbocycles. The largest absolute Gasteiger partial charge is 0.396 e. The minimum Gasteiger partial charge on any atom is -0.396 e. The summed E-state index contributed by atoms with van der Waals surface area (Å²) in [5.74, 6) is -0.407. The summed E-state index contributed by atoms with van der Waals surface area (Å²) >= 11 is 0. The van der Waals surface area contributed by atoms with Gasteiger partial charge in [0.25, 0.3) is 0 Å². The predicted octanol–water partition coefficient (Wildman–Crippen LogP) is 0.0264.